The van der Waals surface area contributed by atoms with Gasteiger partial charge in [0, 0.05) is 23.3 Å². The molecule has 0 saturated heterocycles. The number of nitrogen functional groups attached to an aromatic ring is 1. The lowest BCUT2D eigenvalue weighted by Crippen LogP contribution is -2.36. The highest BCUT2D eigenvalue weighted by molar-refractivity contribution is 5.75. The van der Waals surface area contributed by atoms with Gasteiger partial charge in [-0.25, -0.2) is 0 Å². The molecule has 4 nitrogen and oxygen atoms in total. The van der Waals surface area contributed by atoms with E-state index in [0.717, 1.165) is 16.9 Å². The molecule has 0 aliphatic heterocycles. The summed E-state index contributed by atoms with van der Waals surface area (Å²) in [5.74, 6) is -0.315. The third kappa shape index (κ3) is 3.46. The van der Waals surface area contributed by atoms with Crippen molar-refractivity contribution >= 4 is 17.3 Å². The van der Waals surface area contributed by atoms with Crippen LogP contribution in [0.25, 0.3) is 0 Å². The summed E-state index contributed by atoms with van der Waals surface area (Å²) in [6.07, 6.45) is 0.288. The quantitative estimate of drug-likeness (QED) is 0.676. The number of rotatable bonds is 4. The summed E-state index contributed by atoms with van der Waals surface area (Å²) in [7, 11) is 0. The van der Waals surface area contributed by atoms with Gasteiger partial charge < -0.3 is 16.8 Å². The van der Waals surface area contributed by atoms with Gasteiger partial charge in [-0.1, -0.05) is 0 Å². The van der Waals surface area contributed by atoms with Crippen molar-refractivity contribution in [2.45, 2.75) is 32.7 Å². The Hall–Kier alpha value is -1.71. The minimum Gasteiger partial charge on any atom is -0.399 e. The monoisotopic (exact) mass is 221 g/mol. The van der Waals surface area contributed by atoms with Crippen LogP contribution in [0.1, 0.15) is 25.8 Å². The molecule has 16 heavy (non-hydrogen) atoms. The molecule has 0 spiro atoms. The van der Waals surface area contributed by atoms with Gasteiger partial charge in [-0.15, -0.1) is 0 Å². The van der Waals surface area contributed by atoms with E-state index in [1.807, 2.05) is 39.0 Å². The Morgan fingerprint density at radius 2 is 2.06 bits per heavy atom. The van der Waals surface area contributed by atoms with E-state index in [2.05, 4.69) is 5.32 Å². The Morgan fingerprint density at radius 1 is 1.44 bits per heavy atom. The van der Waals surface area contributed by atoms with Crippen LogP contribution >= 0.6 is 0 Å². The third-order valence-corrected chi connectivity index (χ3v) is 2.37. The van der Waals surface area contributed by atoms with E-state index in [9.17, 15) is 4.79 Å². The van der Waals surface area contributed by atoms with Gasteiger partial charge in [0.05, 0.1) is 0 Å². The first-order chi connectivity index (χ1) is 7.30. The average Bonchev–Trinajstić information content (AvgIpc) is 2.08. The number of anilines is 2. The molecular formula is C12H19N3O. The number of nitrogens with two attached hydrogens (primary N) is 2. The number of benzene rings is 1. The number of amides is 1. The van der Waals surface area contributed by atoms with Gasteiger partial charge in [0.25, 0.3) is 0 Å². The van der Waals surface area contributed by atoms with Crippen LogP contribution in [0.3, 0.4) is 0 Å². The Morgan fingerprint density at radius 3 is 2.56 bits per heavy atom. The van der Waals surface area contributed by atoms with Crippen LogP contribution in [-0.4, -0.2) is 11.4 Å². The van der Waals surface area contributed by atoms with Gasteiger partial charge in [-0.2, -0.15) is 0 Å². The van der Waals surface area contributed by atoms with E-state index >= 15 is 0 Å². The lowest BCUT2D eigenvalue weighted by molar-refractivity contribution is -0.118. The summed E-state index contributed by atoms with van der Waals surface area (Å²) in [5, 5.41) is 3.26. The molecular weight excluding hydrogens is 202 g/mol. The summed E-state index contributed by atoms with van der Waals surface area (Å²) in [4.78, 5) is 10.9. The summed E-state index contributed by atoms with van der Waals surface area (Å²) in [6.45, 7) is 5.81. The number of carbonyl (C=O) groups excluding carboxylic acids is 1. The van der Waals surface area contributed by atoms with Crippen LogP contribution in [0.15, 0.2) is 18.2 Å². The maximum atomic E-state index is 10.9. The Bertz CT molecular complexity index is 399. The van der Waals surface area contributed by atoms with Gasteiger partial charge in [0.2, 0.25) is 5.91 Å². The summed E-state index contributed by atoms with van der Waals surface area (Å²) in [5.41, 5.74) is 13.3. The SMILES string of the molecule is Cc1cc(NC(C)(C)CC(N)=O)ccc1N. The second-order valence-corrected chi connectivity index (χ2v) is 4.72. The zero-order valence-electron chi connectivity index (χ0n) is 10.0. The fraction of sp³-hybridized carbons (Fsp3) is 0.417. The Balaban J connectivity index is 2.79. The molecule has 1 aromatic carbocycles. The van der Waals surface area contributed by atoms with Crippen LogP contribution < -0.4 is 16.8 Å². The van der Waals surface area contributed by atoms with Gasteiger partial charge >= 0.3 is 0 Å². The summed E-state index contributed by atoms with van der Waals surface area (Å²) in [6, 6.07) is 5.70. The van der Waals surface area contributed by atoms with E-state index in [1.54, 1.807) is 0 Å². The van der Waals surface area contributed by atoms with Crippen LogP contribution in [-0.2, 0) is 4.79 Å². The normalized spacial score (nSPS) is 11.2. The lowest BCUT2D eigenvalue weighted by atomic mass is 9.99. The van der Waals surface area contributed by atoms with Crippen LogP contribution in [0.2, 0.25) is 0 Å². The molecule has 0 radical (unpaired) electrons. The predicted octanol–water partition coefficient (Wildman–Crippen LogP) is 1.64. The Labute approximate surface area is 96.0 Å². The standard InChI is InChI=1S/C12H19N3O/c1-8-6-9(4-5-10(8)13)15-12(2,3)7-11(14)16/h4-6,15H,7,13H2,1-3H3,(H2,14,16). The molecule has 0 bridgehead atoms. The third-order valence-electron chi connectivity index (χ3n) is 2.37. The molecule has 0 heterocycles. The van der Waals surface area contributed by atoms with E-state index in [4.69, 9.17) is 11.5 Å². The van der Waals surface area contributed by atoms with Gasteiger partial charge in [0.15, 0.2) is 0 Å². The highest BCUT2D eigenvalue weighted by atomic mass is 16.1. The second-order valence-electron chi connectivity index (χ2n) is 4.72. The van der Waals surface area contributed by atoms with Crippen molar-refractivity contribution in [2.24, 2.45) is 5.73 Å². The first-order valence-electron chi connectivity index (χ1n) is 5.23. The number of nitrogens with one attached hydrogen (secondary N) is 1. The molecule has 5 N–H and O–H groups in total. The maximum Gasteiger partial charge on any atom is 0.219 e. The molecule has 0 saturated carbocycles. The molecule has 4 heteroatoms. The zero-order valence-corrected chi connectivity index (χ0v) is 10.0. The molecule has 0 aliphatic carbocycles. The second kappa shape index (κ2) is 4.43. The smallest absolute Gasteiger partial charge is 0.219 e. The number of hydrogen-bond acceptors (Lipinski definition) is 3. The largest absolute Gasteiger partial charge is 0.399 e. The van der Waals surface area contributed by atoms with Crippen LogP contribution in [0.4, 0.5) is 11.4 Å². The lowest BCUT2D eigenvalue weighted by Gasteiger charge is -2.26. The van der Waals surface area contributed by atoms with Crippen LogP contribution in [0.5, 0.6) is 0 Å². The van der Waals surface area contributed by atoms with Crippen molar-refractivity contribution in [1.29, 1.82) is 0 Å². The fourth-order valence-electron chi connectivity index (χ4n) is 1.62. The average molecular weight is 221 g/mol. The summed E-state index contributed by atoms with van der Waals surface area (Å²) < 4.78 is 0. The molecule has 1 amide bonds. The van der Waals surface area contributed by atoms with Gasteiger partial charge in [-0.05, 0) is 44.5 Å². The fourth-order valence-corrected chi connectivity index (χ4v) is 1.62. The number of hydrogen-bond donors (Lipinski definition) is 3. The predicted molar refractivity (Wildman–Crippen MR) is 67.1 cm³/mol. The first-order valence-corrected chi connectivity index (χ1v) is 5.23. The van der Waals surface area contributed by atoms with Gasteiger partial charge in [-0.3, -0.25) is 4.79 Å². The number of aryl methyl sites for hydroxylation is 1. The van der Waals surface area contributed by atoms with Crippen molar-refractivity contribution in [3.8, 4) is 0 Å². The van der Waals surface area contributed by atoms with E-state index < -0.39 is 0 Å². The minimum atomic E-state index is -0.353. The topological polar surface area (TPSA) is 81.1 Å². The molecule has 0 fully saturated rings. The van der Waals surface area contributed by atoms with Crippen molar-refractivity contribution in [2.75, 3.05) is 11.1 Å². The summed E-state index contributed by atoms with van der Waals surface area (Å²) >= 11 is 0. The molecule has 1 rings (SSSR count). The molecule has 1 aromatic rings. The van der Waals surface area contributed by atoms with Crippen molar-refractivity contribution in [3.63, 3.8) is 0 Å². The van der Waals surface area contributed by atoms with Crippen molar-refractivity contribution in [3.05, 3.63) is 23.8 Å². The first kappa shape index (κ1) is 12.4. The van der Waals surface area contributed by atoms with E-state index in [1.165, 1.54) is 0 Å². The van der Waals surface area contributed by atoms with Gasteiger partial charge in [0.1, 0.15) is 0 Å². The number of primary amides is 1. The van der Waals surface area contributed by atoms with Crippen molar-refractivity contribution in [1.82, 2.24) is 0 Å². The Kier molecular flexibility index (Phi) is 3.42. The maximum absolute atomic E-state index is 10.9. The highest BCUT2D eigenvalue weighted by Gasteiger charge is 2.20. The number of carbonyl (C=O) groups is 1. The highest BCUT2D eigenvalue weighted by Crippen LogP contribution is 2.21. The van der Waals surface area contributed by atoms with Crippen LogP contribution in [0, 0.1) is 6.92 Å². The van der Waals surface area contributed by atoms with Crippen molar-refractivity contribution < 1.29 is 4.79 Å². The zero-order chi connectivity index (χ0) is 12.3. The van der Waals surface area contributed by atoms with E-state index in [0.29, 0.717) is 0 Å². The molecule has 0 aliphatic rings. The van der Waals surface area contributed by atoms with E-state index in [-0.39, 0.29) is 17.9 Å². The molecule has 88 valence electrons. The minimum absolute atomic E-state index is 0.288. The molecule has 0 aromatic heterocycles. The molecule has 0 atom stereocenters. The molecule has 0 unspecified atom stereocenters.